The summed E-state index contributed by atoms with van der Waals surface area (Å²) in [6, 6.07) is 7.12. The molecule has 37 heavy (non-hydrogen) atoms. The van der Waals surface area contributed by atoms with E-state index in [-0.39, 0.29) is 5.41 Å². The minimum Gasteiger partial charge on any atom is -0.491 e. The molecule has 1 heterocycles. The number of rotatable bonds is 16. The summed E-state index contributed by atoms with van der Waals surface area (Å²) < 4.78 is 33.0. The molecule has 1 aromatic carbocycles. The molecule has 3 atom stereocenters. The van der Waals surface area contributed by atoms with E-state index in [4.69, 9.17) is 28.4 Å². The monoisotopic (exact) mass is 519 g/mol. The Hall–Kier alpha value is -1.55. The topological polar surface area (TPSA) is 75.7 Å². The Kier molecular flexibility index (Phi) is 11.2. The molecule has 0 radical (unpaired) electrons. The molecule has 208 valence electrons. The summed E-state index contributed by atoms with van der Waals surface area (Å²) >= 11 is 0. The predicted octanol–water partition coefficient (Wildman–Crippen LogP) is 3.04. The third-order valence-corrected chi connectivity index (χ3v) is 8.27. The highest BCUT2D eigenvalue weighted by Gasteiger charge is 2.53. The van der Waals surface area contributed by atoms with Crippen molar-refractivity contribution in [2.45, 2.75) is 50.0 Å². The zero-order chi connectivity index (χ0) is 25.9. The van der Waals surface area contributed by atoms with E-state index < -0.39 is 0 Å². The molecule has 1 saturated heterocycles. The highest BCUT2D eigenvalue weighted by atomic mass is 16.6. The lowest BCUT2D eigenvalue weighted by atomic mass is 9.56. The van der Waals surface area contributed by atoms with Crippen molar-refractivity contribution in [3.63, 3.8) is 0 Å². The number of carbonyl (C=O) groups is 1. The summed E-state index contributed by atoms with van der Waals surface area (Å²) in [7, 11) is 3.92. The number of benzene rings is 1. The molecule has 2 aliphatic carbocycles. The smallest absolute Gasteiger partial charge is 0.133 e. The van der Waals surface area contributed by atoms with Gasteiger partial charge in [0, 0.05) is 31.4 Å². The molecule has 0 amide bonds. The van der Waals surface area contributed by atoms with Gasteiger partial charge in [-0.2, -0.15) is 0 Å². The second kappa shape index (κ2) is 14.6. The molecule has 2 bridgehead atoms. The fourth-order valence-electron chi connectivity index (χ4n) is 6.45. The van der Waals surface area contributed by atoms with Crippen LogP contribution >= 0.6 is 0 Å². The fourth-order valence-corrected chi connectivity index (χ4v) is 6.45. The number of piperidine rings is 1. The minimum atomic E-state index is -0.0215. The van der Waals surface area contributed by atoms with Crippen molar-refractivity contribution in [1.29, 1.82) is 0 Å². The van der Waals surface area contributed by atoms with Crippen LogP contribution in [-0.4, -0.2) is 103 Å². The summed E-state index contributed by atoms with van der Waals surface area (Å²) in [6.07, 6.45) is 5.76. The van der Waals surface area contributed by atoms with Gasteiger partial charge in [-0.05, 0) is 68.5 Å². The summed E-state index contributed by atoms with van der Waals surface area (Å²) in [5, 5.41) is 0. The van der Waals surface area contributed by atoms with Gasteiger partial charge >= 0.3 is 0 Å². The number of fused-ring (bicyclic) bond motifs is 1. The lowest BCUT2D eigenvalue weighted by Crippen LogP contribution is -2.56. The summed E-state index contributed by atoms with van der Waals surface area (Å²) in [5.74, 6) is 1.86. The molecular weight excluding hydrogens is 474 g/mol. The quantitative estimate of drug-likeness (QED) is 0.309. The lowest BCUT2D eigenvalue weighted by Gasteiger charge is -2.53. The molecule has 0 N–H and O–H groups in total. The second-order valence-electron chi connectivity index (χ2n) is 10.5. The van der Waals surface area contributed by atoms with Crippen molar-refractivity contribution in [2.75, 3.05) is 86.8 Å². The maximum atomic E-state index is 12.6. The van der Waals surface area contributed by atoms with Crippen LogP contribution in [0.2, 0.25) is 0 Å². The highest BCUT2D eigenvalue weighted by Crippen LogP contribution is 2.54. The van der Waals surface area contributed by atoms with Crippen molar-refractivity contribution in [3.05, 3.63) is 29.3 Å². The number of nitrogens with zero attached hydrogens (tertiary/aromatic N) is 1. The Bertz CT molecular complexity index is 850. The average molecular weight is 520 g/mol. The number of Topliss-reactive ketones (excluding diaryl/α,β-unsaturated/α-hetero) is 1. The van der Waals surface area contributed by atoms with Gasteiger partial charge < -0.3 is 33.3 Å². The van der Waals surface area contributed by atoms with Crippen LogP contribution in [0, 0.1) is 5.92 Å². The summed E-state index contributed by atoms with van der Waals surface area (Å²) in [4.78, 5) is 15.2. The van der Waals surface area contributed by atoms with Gasteiger partial charge in [0.1, 0.15) is 18.1 Å². The van der Waals surface area contributed by atoms with Crippen LogP contribution in [0.15, 0.2) is 18.2 Å². The van der Waals surface area contributed by atoms with Crippen molar-refractivity contribution < 1.29 is 33.2 Å². The van der Waals surface area contributed by atoms with Crippen molar-refractivity contribution >= 4 is 5.78 Å². The van der Waals surface area contributed by atoms with Gasteiger partial charge in [-0.3, -0.25) is 4.79 Å². The average Bonchev–Trinajstić information content (AvgIpc) is 3.00. The Balaban J connectivity index is 1.15. The van der Waals surface area contributed by atoms with E-state index in [2.05, 4.69) is 30.1 Å². The van der Waals surface area contributed by atoms with Crippen molar-refractivity contribution in [2.24, 2.45) is 5.92 Å². The van der Waals surface area contributed by atoms with Crippen LogP contribution in [0.5, 0.6) is 5.75 Å². The lowest BCUT2D eigenvalue weighted by molar-refractivity contribution is -0.126. The molecule has 0 spiro atoms. The van der Waals surface area contributed by atoms with Gasteiger partial charge in [0.2, 0.25) is 0 Å². The van der Waals surface area contributed by atoms with E-state index in [1.54, 1.807) is 7.11 Å². The first kappa shape index (κ1) is 28.5. The van der Waals surface area contributed by atoms with Gasteiger partial charge in [0.15, 0.2) is 0 Å². The van der Waals surface area contributed by atoms with Gasteiger partial charge in [0.25, 0.3) is 0 Å². The van der Waals surface area contributed by atoms with Crippen LogP contribution in [0.3, 0.4) is 0 Å². The maximum absolute atomic E-state index is 12.6. The molecule has 8 nitrogen and oxygen atoms in total. The molecule has 4 rings (SSSR count). The normalized spacial score (nSPS) is 25.4. The van der Waals surface area contributed by atoms with Crippen molar-refractivity contribution in [1.82, 2.24) is 4.90 Å². The molecule has 0 aromatic heterocycles. The summed E-state index contributed by atoms with van der Waals surface area (Å²) in [5.41, 5.74) is 2.75. The number of methoxy groups -OCH3 is 1. The number of carbonyl (C=O) groups excluding carboxylic acids is 1. The number of ether oxygens (including phenoxy) is 6. The van der Waals surface area contributed by atoms with Crippen LogP contribution in [0.4, 0.5) is 0 Å². The van der Waals surface area contributed by atoms with E-state index in [1.807, 2.05) is 0 Å². The zero-order valence-electron chi connectivity index (χ0n) is 22.7. The number of hydrogen-bond acceptors (Lipinski definition) is 8. The highest BCUT2D eigenvalue weighted by molar-refractivity contribution is 5.81. The van der Waals surface area contributed by atoms with E-state index in [1.165, 1.54) is 17.5 Å². The SMILES string of the molecule is COCCOCCOCCOCCOCCOc1ccc2c(c1)C13CCN(C)C(CC2)C1CCC(=O)C3. The number of ketones is 1. The van der Waals surface area contributed by atoms with E-state index in [0.717, 1.165) is 38.0 Å². The van der Waals surface area contributed by atoms with Crippen LogP contribution in [0.25, 0.3) is 0 Å². The Morgan fingerprint density at radius 2 is 1.51 bits per heavy atom. The summed E-state index contributed by atoms with van der Waals surface area (Å²) in [6.45, 7) is 6.50. The van der Waals surface area contributed by atoms with E-state index in [0.29, 0.717) is 90.2 Å². The Labute approximate surface area is 221 Å². The number of aryl methyl sites for hydroxylation is 1. The Morgan fingerprint density at radius 3 is 2.19 bits per heavy atom. The first-order chi connectivity index (χ1) is 18.1. The standard InChI is InChI=1S/C29H45NO7/c1-30-10-9-29-22-24(31)5-7-26(29)28(30)8-4-23-3-6-25(21-27(23)29)37-20-19-36-18-17-35-16-15-34-14-13-33-12-11-32-2/h3,6,21,26,28H,4-5,7-20,22H2,1-2H3. The van der Waals surface area contributed by atoms with Gasteiger partial charge in [-0.1, -0.05) is 6.07 Å². The number of hydrogen-bond donors (Lipinski definition) is 0. The minimum absolute atomic E-state index is 0.0215. The molecule has 3 aliphatic rings. The third kappa shape index (κ3) is 7.52. The van der Waals surface area contributed by atoms with Crippen molar-refractivity contribution in [3.8, 4) is 5.75 Å². The second-order valence-corrected chi connectivity index (χ2v) is 10.5. The van der Waals surface area contributed by atoms with Gasteiger partial charge in [0.05, 0.1) is 59.5 Å². The fraction of sp³-hybridized carbons (Fsp3) is 0.759. The maximum Gasteiger partial charge on any atom is 0.133 e. The molecule has 1 aliphatic heterocycles. The van der Waals surface area contributed by atoms with E-state index >= 15 is 0 Å². The van der Waals surface area contributed by atoms with Crippen LogP contribution < -0.4 is 4.74 Å². The first-order valence-electron chi connectivity index (χ1n) is 13.9. The molecule has 2 fully saturated rings. The largest absolute Gasteiger partial charge is 0.491 e. The molecule has 1 aromatic rings. The molecular formula is C29H45NO7. The van der Waals surface area contributed by atoms with E-state index in [9.17, 15) is 4.79 Å². The predicted molar refractivity (Wildman–Crippen MR) is 140 cm³/mol. The van der Waals surface area contributed by atoms with Crippen LogP contribution in [0.1, 0.15) is 43.2 Å². The van der Waals surface area contributed by atoms with Gasteiger partial charge in [-0.15, -0.1) is 0 Å². The van der Waals surface area contributed by atoms with Gasteiger partial charge in [-0.25, -0.2) is 0 Å². The third-order valence-electron chi connectivity index (χ3n) is 8.27. The molecule has 3 unspecified atom stereocenters. The molecule has 1 saturated carbocycles. The number of likely N-dealkylation sites (tertiary alicyclic amines) is 1. The molecule has 8 heteroatoms. The zero-order valence-corrected chi connectivity index (χ0v) is 22.7. The first-order valence-corrected chi connectivity index (χ1v) is 13.9. The van der Waals surface area contributed by atoms with Crippen LogP contribution in [-0.2, 0) is 40.3 Å². The Morgan fingerprint density at radius 1 is 0.865 bits per heavy atom.